The van der Waals surface area contributed by atoms with Crippen molar-refractivity contribution in [1.29, 1.82) is 0 Å². The van der Waals surface area contributed by atoms with Crippen molar-refractivity contribution in [2.45, 2.75) is 12.7 Å². The average molecular weight is 360 g/mol. The van der Waals surface area contributed by atoms with Crippen molar-refractivity contribution in [3.63, 3.8) is 0 Å². The van der Waals surface area contributed by atoms with Crippen LogP contribution >= 0.6 is 11.8 Å². The van der Waals surface area contributed by atoms with Crippen molar-refractivity contribution in [3.8, 4) is 0 Å². The average Bonchev–Trinajstić information content (AvgIpc) is 2.47. The Balaban J connectivity index is 2.60. The summed E-state index contributed by atoms with van der Waals surface area (Å²) in [5.74, 6) is -0.844. The zero-order valence-corrected chi connectivity index (χ0v) is 14.6. The van der Waals surface area contributed by atoms with Crippen LogP contribution in [0.15, 0.2) is 24.3 Å². The monoisotopic (exact) mass is 360 g/mol. The number of nitrogens with zero attached hydrogens (tertiary/aromatic N) is 1. The Kier molecular flexibility index (Phi) is 7.53. The molecule has 7 nitrogen and oxygen atoms in total. The van der Waals surface area contributed by atoms with Gasteiger partial charge in [-0.1, -0.05) is 12.1 Å². The minimum atomic E-state index is -3.40. The first-order valence-electron chi connectivity index (χ1n) is 6.87. The van der Waals surface area contributed by atoms with Gasteiger partial charge in [0.1, 0.15) is 0 Å². The smallest absolute Gasteiger partial charge is 0.313 e. The third kappa shape index (κ3) is 7.02. The lowest BCUT2D eigenvalue weighted by atomic mass is 10.2. The minimum absolute atomic E-state index is 0.0102. The topological polar surface area (TPSA) is 104 Å². The van der Waals surface area contributed by atoms with Gasteiger partial charge in [0.2, 0.25) is 15.9 Å². The summed E-state index contributed by atoms with van der Waals surface area (Å²) >= 11 is 1.26. The summed E-state index contributed by atoms with van der Waals surface area (Å²) in [4.78, 5) is 22.4. The van der Waals surface area contributed by atoms with Crippen LogP contribution in [0.2, 0.25) is 0 Å². The van der Waals surface area contributed by atoms with Gasteiger partial charge in [-0.25, -0.2) is 8.42 Å². The molecular weight excluding hydrogens is 340 g/mol. The van der Waals surface area contributed by atoms with E-state index in [2.05, 4.69) is 5.32 Å². The number of carbonyl (C=O) groups is 2. The van der Waals surface area contributed by atoms with Gasteiger partial charge in [0, 0.05) is 18.5 Å². The largest absolute Gasteiger partial charge is 0.481 e. The Hall–Kier alpha value is -1.58. The second kappa shape index (κ2) is 8.90. The Labute approximate surface area is 140 Å². The molecule has 1 aromatic rings. The molecule has 0 spiro atoms. The van der Waals surface area contributed by atoms with Crippen LogP contribution in [0.4, 0.5) is 5.69 Å². The second-order valence-corrected chi connectivity index (χ2v) is 8.14. The molecule has 23 heavy (non-hydrogen) atoms. The van der Waals surface area contributed by atoms with Gasteiger partial charge in [0.25, 0.3) is 0 Å². The minimum Gasteiger partial charge on any atom is -0.481 e. The molecule has 1 rings (SSSR count). The van der Waals surface area contributed by atoms with E-state index in [1.54, 1.807) is 18.2 Å². The van der Waals surface area contributed by atoms with Gasteiger partial charge >= 0.3 is 5.97 Å². The van der Waals surface area contributed by atoms with E-state index in [1.807, 2.05) is 6.07 Å². The number of nitrogens with one attached hydrogen (secondary N) is 1. The molecule has 0 aliphatic rings. The molecule has 0 fully saturated rings. The standard InChI is InChI=1S/C14H20N2O5S2/c1-3-23(20,21)16(2)8-13(17)15-12-6-4-5-11(7-12)9-22-10-14(18)19/h4-7H,3,8-10H2,1-2H3,(H,15,17)(H,18,19). The van der Waals surface area contributed by atoms with Gasteiger partial charge in [-0.3, -0.25) is 9.59 Å². The number of amides is 1. The molecule has 0 saturated heterocycles. The van der Waals surface area contributed by atoms with Gasteiger partial charge < -0.3 is 10.4 Å². The second-order valence-electron chi connectivity index (χ2n) is 4.79. The first-order valence-corrected chi connectivity index (χ1v) is 9.63. The first-order chi connectivity index (χ1) is 10.7. The van der Waals surface area contributed by atoms with E-state index in [-0.39, 0.29) is 18.1 Å². The lowest BCUT2D eigenvalue weighted by Gasteiger charge is -2.15. The van der Waals surface area contributed by atoms with Crippen LogP contribution in [0.1, 0.15) is 12.5 Å². The molecular formula is C14H20N2O5S2. The zero-order valence-electron chi connectivity index (χ0n) is 13.0. The van der Waals surface area contributed by atoms with Gasteiger partial charge in [0.15, 0.2) is 0 Å². The van der Waals surface area contributed by atoms with Crippen LogP contribution in [0.25, 0.3) is 0 Å². The summed E-state index contributed by atoms with van der Waals surface area (Å²) in [6.45, 7) is 1.26. The van der Waals surface area contributed by atoms with Crippen LogP contribution in [-0.2, 0) is 25.4 Å². The number of hydrogen-bond acceptors (Lipinski definition) is 5. The van der Waals surface area contributed by atoms with Crippen LogP contribution in [0.5, 0.6) is 0 Å². The van der Waals surface area contributed by atoms with Gasteiger partial charge in [-0.15, -0.1) is 11.8 Å². The van der Waals surface area contributed by atoms with E-state index >= 15 is 0 Å². The predicted octanol–water partition coefficient (Wildman–Crippen LogP) is 1.22. The van der Waals surface area contributed by atoms with E-state index in [0.717, 1.165) is 9.87 Å². The van der Waals surface area contributed by atoms with E-state index in [0.29, 0.717) is 11.4 Å². The highest BCUT2D eigenvalue weighted by molar-refractivity contribution is 7.99. The fraction of sp³-hybridized carbons (Fsp3) is 0.429. The number of aliphatic carboxylic acids is 1. The SMILES string of the molecule is CCS(=O)(=O)N(C)CC(=O)Nc1cccc(CSCC(=O)O)c1. The van der Waals surface area contributed by atoms with Crippen molar-refractivity contribution >= 4 is 39.3 Å². The van der Waals surface area contributed by atoms with Crippen molar-refractivity contribution in [2.75, 3.05) is 30.4 Å². The number of benzene rings is 1. The number of likely N-dealkylation sites (N-methyl/N-ethyl adjacent to an activating group) is 1. The highest BCUT2D eigenvalue weighted by atomic mass is 32.2. The lowest BCUT2D eigenvalue weighted by molar-refractivity contribution is -0.133. The highest BCUT2D eigenvalue weighted by Gasteiger charge is 2.18. The van der Waals surface area contributed by atoms with Gasteiger partial charge in [0.05, 0.1) is 18.1 Å². The number of carboxylic acids is 1. The summed E-state index contributed by atoms with van der Waals surface area (Å²) in [7, 11) is -2.04. The number of sulfonamides is 1. The van der Waals surface area contributed by atoms with Crippen molar-refractivity contribution in [2.24, 2.45) is 0 Å². The molecule has 128 valence electrons. The fourth-order valence-electron chi connectivity index (χ4n) is 1.72. The molecule has 0 unspecified atom stereocenters. The first kappa shape index (κ1) is 19.5. The Bertz CT molecular complexity index is 661. The summed E-state index contributed by atoms with van der Waals surface area (Å²) in [6, 6.07) is 7.01. The van der Waals surface area contributed by atoms with E-state index in [4.69, 9.17) is 5.11 Å². The molecule has 1 aromatic carbocycles. The highest BCUT2D eigenvalue weighted by Crippen LogP contribution is 2.16. The number of carboxylic acid groups (broad SMARTS) is 1. The molecule has 0 atom stereocenters. The molecule has 0 aliphatic heterocycles. The van der Waals surface area contributed by atoms with Crippen molar-refractivity contribution in [3.05, 3.63) is 29.8 Å². The molecule has 0 saturated carbocycles. The van der Waals surface area contributed by atoms with Crippen LogP contribution in [0.3, 0.4) is 0 Å². The van der Waals surface area contributed by atoms with Crippen molar-refractivity contribution in [1.82, 2.24) is 4.31 Å². The number of hydrogen-bond donors (Lipinski definition) is 2. The Morgan fingerprint density at radius 3 is 2.65 bits per heavy atom. The molecule has 0 heterocycles. The summed E-state index contributed by atoms with van der Waals surface area (Å²) in [5.41, 5.74) is 1.43. The van der Waals surface area contributed by atoms with Gasteiger partial charge in [-0.05, 0) is 24.6 Å². The molecule has 1 amide bonds. The third-order valence-corrected chi connectivity index (χ3v) is 5.71. The van der Waals surface area contributed by atoms with E-state index < -0.39 is 21.9 Å². The third-order valence-electron chi connectivity index (χ3n) is 2.91. The molecule has 0 aromatic heterocycles. The molecule has 0 aliphatic carbocycles. The quantitative estimate of drug-likeness (QED) is 0.686. The van der Waals surface area contributed by atoms with Crippen molar-refractivity contribution < 1.29 is 23.1 Å². The maximum Gasteiger partial charge on any atom is 0.313 e. The number of thioether (sulfide) groups is 1. The number of carbonyl (C=O) groups excluding carboxylic acids is 1. The maximum absolute atomic E-state index is 11.9. The molecule has 0 radical (unpaired) electrons. The predicted molar refractivity (Wildman–Crippen MR) is 91.0 cm³/mol. The maximum atomic E-state index is 11.9. The summed E-state index contributed by atoms with van der Waals surface area (Å²) in [5, 5.41) is 11.2. The normalized spacial score (nSPS) is 11.4. The molecule has 0 bridgehead atoms. The van der Waals surface area contributed by atoms with E-state index in [9.17, 15) is 18.0 Å². The van der Waals surface area contributed by atoms with Crippen LogP contribution in [0, 0.1) is 0 Å². The summed E-state index contributed by atoms with van der Waals surface area (Å²) in [6.07, 6.45) is 0. The lowest BCUT2D eigenvalue weighted by Crippen LogP contribution is -2.35. The van der Waals surface area contributed by atoms with Gasteiger partial charge in [-0.2, -0.15) is 4.31 Å². The van der Waals surface area contributed by atoms with Crippen LogP contribution < -0.4 is 5.32 Å². The van der Waals surface area contributed by atoms with Crippen LogP contribution in [-0.4, -0.2) is 54.8 Å². The Morgan fingerprint density at radius 1 is 1.35 bits per heavy atom. The fourth-order valence-corrected chi connectivity index (χ4v) is 3.16. The Morgan fingerprint density at radius 2 is 2.04 bits per heavy atom. The van der Waals surface area contributed by atoms with E-state index in [1.165, 1.54) is 25.7 Å². The zero-order chi connectivity index (χ0) is 17.5. The summed E-state index contributed by atoms with van der Waals surface area (Å²) < 4.78 is 24.2. The number of anilines is 1. The molecule has 2 N–H and O–H groups in total. The number of rotatable bonds is 9. The molecule has 9 heteroatoms.